The van der Waals surface area contributed by atoms with Gasteiger partial charge < -0.3 is 0 Å². The lowest BCUT2D eigenvalue weighted by Crippen LogP contribution is -1.90. The van der Waals surface area contributed by atoms with E-state index in [2.05, 4.69) is 4.98 Å². The second-order valence-electron chi connectivity index (χ2n) is 3.45. The predicted octanol–water partition coefficient (Wildman–Crippen LogP) is 5.17. The van der Waals surface area contributed by atoms with Gasteiger partial charge in [-0.25, -0.2) is 4.98 Å². The smallest absolute Gasteiger partial charge is 0.168 e. The molecule has 0 saturated carbocycles. The summed E-state index contributed by atoms with van der Waals surface area (Å²) in [4.78, 5) is 14.5. The number of halogens is 4. The molecule has 0 amide bonds. The van der Waals surface area contributed by atoms with Crippen molar-refractivity contribution in [3.8, 4) is 11.1 Å². The second-order valence-corrected chi connectivity index (χ2v) is 5.00. The van der Waals surface area contributed by atoms with Crippen molar-refractivity contribution in [2.24, 2.45) is 0 Å². The van der Waals surface area contributed by atoms with Crippen molar-refractivity contribution in [2.75, 3.05) is 0 Å². The van der Waals surface area contributed by atoms with Crippen LogP contribution in [0.4, 0.5) is 0 Å². The van der Waals surface area contributed by atoms with Crippen LogP contribution < -0.4 is 0 Å². The molecule has 2 nitrogen and oxygen atoms in total. The van der Waals surface area contributed by atoms with Crippen molar-refractivity contribution in [1.29, 1.82) is 0 Å². The number of carbonyl (C=O) groups excluding carboxylic acids is 1. The van der Waals surface area contributed by atoms with Gasteiger partial charge in [-0.05, 0) is 29.8 Å². The molecule has 1 heterocycles. The summed E-state index contributed by atoms with van der Waals surface area (Å²) in [6.07, 6.45) is 0.622. The van der Waals surface area contributed by atoms with Crippen molar-refractivity contribution in [3.05, 3.63) is 50.2 Å². The quantitative estimate of drug-likeness (QED) is 0.434. The average molecular weight is 321 g/mol. The van der Waals surface area contributed by atoms with Crippen LogP contribution >= 0.6 is 46.4 Å². The van der Waals surface area contributed by atoms with E-state index in [0.29, 0.717) is 27.5 Å². The number of hydrogen-bond acceptors (Lipinski definition) is 2. The van der Waals surface area contributed by atoms with Crippen LogP contribution in [0.3, 0.4) is 0 Å². The Labute approximate surface area is 123 Å². The molecule has 1 aromatic heterocycles. The minimum absolute atomic E-state index is 0.203. The van der Waals surface area contributed by atoms with Gasteiger partial charge in [-0.3, -0.25) is 4.79 Å². The molecule has 6 heteroatoms. The summed E-state index contributed by atoms with van der Waals surface area (Å²) < 4.78 is 0. The Balaban J connectivity index is 2.59. The summed E-state index contributed by atoms with van der Waals surface area (Å²) >= 11 is 23.8. The van der Waals surface area contributed by atoms with Gasteiger partial charge in [0.25, 0.3) is 0 Å². The van der Waals surface area contributed by atoms with E-state index in [1.54, 1.807) is 24.3 Å². The maximum Gasteiger partial charge on any atom is 0.168 e. The largest absolute Gasteiger partial charge is 0.296 e. The Hall–Kier alpha value is -0.800. The Morgan fingerprint density at radius 2 is 1.61 bits per heavy atom. The van der Waals surface area contributed by atoms with Gasteiger partial charge in [0, 0.05) is 5.56 Å². The van der Waals surface area contributed by atoms with E-state index in [0.717, 1.165) is 0 Å². The summed E-state index contributed by atoms with van der Waals surface area (Å²) in [5.41, 5.74) is 1.57. The number of nitrogens with zero attached hydrogens (tertiary/aromatic N) is 1. The fourth-order valence-electron chi connectivity index (χ4n) is 1.44. The Bertz CT molecular complexity index is 604. The first-order valence-electron chi connectivity index (χ1n) is 4.79. The minimum atomic E-state index is 0.203. The third-order valence-electron chi connectivity index (χ3n) is 2.29. The van der Waals surface area contributed by atoms with E-state index in [9.17, 15) is 4.79 Å². The molecular formula is C12H5Cl4NO. The topological polar surface area (TPSA) is 30.0 Å². The van der Waals surface area contributed by atoms with Gasteiger partial charge in [0.2, 0.25) is 0 Å². The molecule has 0 spiro atoms. The normalized spacial score (nSPS) is 10.4. The molecule has 0 bridgehead atoms. The first-order valence-corrected chi connectivity index (χ1v) is 6.30. The first-order chi connectivity index (χ1) is 8.52. The molecular weight excluding hydrogens is 316 g/mol. The molecule has 92 valence electrons. The zero-order valence-electron chi connectivity index (χ0n) is 8.75. The van der Waals surface area contributed by atoms with Gasteiger partial charge in [0.05, 0.1) is 15.1 Å². The molecule has 0 aliphatic heterocycles. The van der Waals surface area contributed by atoms with Crippen molar-refractivity contribution in [1.82, 2.24) is 4.98 Å². The average Bonchev–Trinajstić information content (AvgIpc) is 2.35. The third-order valence-corrected chi connectivity index (χ3v) is 3.77. The number of benzene rings is 1. The number of aldehydes is 1. The van der Waals surface area contributed by atoms with Gasteiger partial charge in [0.15, 0.2) is 6.29 Å². The van der Waals surface area contributed by atoms with Crippen molar-refractivity contribution in [2.45, 2.75) is 0 Å². The number of pyridine rings is 1. The maximum absolute atomic E-state index is 10.6. The second kappa shape index (κ2) is 5.45. The highest BCUT2D eigenvalue weighted by Crippen LogP contribution is 2.36. The van der Waals surface area contributed by atoms with Crippen LogP contribution in [0.5, 0.6) is 0 Å². The van der Waals surface area contributed by atoms with E-state index in [1.807, 2.05) is 0 Å². The van der Waals surface area contributed by atoms with Crippen molar-refractivity contribution < 1.29 is 4.79 Å². The highest BCUT2D eigenvalue weighted by molar-refractivity contribution is 6.48. The van der Waals surface area contributed by atoms with Crippen molar-refractivity contribution >= 4 is 52.7 Å². The van der Waals surface area contributed by atoms with Gasteiger partial charge >= 0.3 is 0 Å². The molecule has 0 aliphatic carbocycles. The number of rotatable bonds is 2. The molecule has 0 atom stereocenters. The summed E-state index contributed by atoms with van der Waals surface area (Å²) in [5.74, 6) is 0. The Kier molecular flexibility index (Phi) is 4.13. The van der Waals surface area contributed by atoms with Crippen molar-refractivity contribution in [3.63, 3.8) is 0 Å². The fourth-order valence-corrected chi connectivity index (χ4v) is 2.31. The standard InChI is InChI=1S/C12H5Cl4NO/c13-9-3-6(4-10(14)11(9)15)8-2-1-7(5-18)17-12(8)16/h1-5H. The minimum Gasteiger partial charge on any atom is -0.296 e. The van der Waals surface area contributed by atoms with E-state index in [4.69, 9.17) is 46.4 Å². The molecule has 18 heavy (non-hydrogen) atoms. The van der Waals surface area contributed by atoms with Crippen LogP contribution in [0.2, 0.25) is 20.2 Å². The Morgan fingerprint density at radius 1 is 1.00 bits per heavy atom. The highest BCUT2D eigenvalue weighted by Gasteiger charge is 2.11. The zero-order valence-corrected chi connectivity index (χ0v) is 11.8. The lowest BCUT2D eigenvalue weighted by Gasteiger charge is -2.07. The summed E-state index contributed by atoms with van der Waals surface area (Å²) in [6.45, 7) is 0. The molecule has 0 fully saturated rings. The van der Waals surface area contributed by atoms with E-state index < -0.39 is 0 Å². The predicted molar refractivity (Wildman–Crippen MR) is 75.1 cm³/mol. The van der Waals surface area contributed by atoms with Gasteiger partial charge in [-0.1, -0.05) is 46.4 Å². The number of hydrogen-bond donors (Lipinski definition) is 0. The van der Waals surface area contributed by atoms with E-state index >= 15 is 0 Å². The fraction of sp³-hybridized carbons (Fsp3) is 0. The van der Waals surface area contributed by atoms with Gasteiger partial charge in [-0.2, -0.15) is 0 Å². The zero-order chi connectivity index (χ0) is 13.3. The highest BCUT2D eigenvalue weighted by atomic mass is 35.5. The first kappa shape index (κ1) is 13.6. The molecule has 0 N–H and O–H groups in total. The van der Waals surface area contributed by atoms with Gasteiger partial charge in [-0.15, -0.1) is 0 Å². The Morgan fingerprint density at radius 3 is 2.11 bits per heavy atom. The SMILES string of the molecule is O=Cc1ccc(-c2cc(Cl)c(Cl)c(Cl)c2)c(Cl)n1. The lowest BCUT2D eigenvalue weighted by atomic mass is 10.1. The van der Waals surface area contributed by atoms with Crippen LogP contribution in [-0.2, 0) is 0 Å². The molecule has 2 aromatic rings. The summed E-state index contributed by atoms with van der Waals surface area (Å²) in [5, 5.41) is 1.15. The van der Waals surface area contributed by atoms with Crippen LogP contribution in [0.1, 0.15) is 10.5 Å². The number of aromatic nitrogens is 1. The number of carbonyl (C=O) groups is 1. The molecule has 0 unspecified atom stereocenters. The molecule has 0 radical (unpaired) electrons. The van der Waals surface area contributed by atoms with E-state index in [-0.39, 0.29) is 15.9 Å². The van der Waals surface area contributed by atoms with Crippen LogP contribution in [0.25, 0.3) is 11.1 Å². The van der Waals surface area contributed by atoms with Crippen LogP contribution in [0, 0.1) is 0 Å². The van der Waals surface area contributed by atoms with Crippen LogP contribution in [0.15, 0.2) is 24.3 Å². The summed E-state index contributed by atoms with van der Waals surface area (Å²) in [6, 6.07) is 6.51. The summed E-state index contributed by atoms with van der Waals surface area (Å²) in [7, 11) is 0. The molecule has 1 aromatic carbocycles. The molecule has 0 saturated heterocycles. The molecule has 0 aliphatic rings. The van der Waals surface area contributed by atoms with E-state index in [1.165, 1.54) is 0 Å². The van der Waals surface area contributed by atoms with Crippen LogP contribution in [-0.4, -0.2) is 11.3 Å². The molecule has 2 rings (SSSR count). The third kappa shape index (κ3) is 2.62. The lowest BCUT2D eigenvalue weighted by molar-refractivity contribution is 0.111. The monoisotopic (exact) mass is 319 g/mol. The van der Waals surface area contributed by atoms with Gasteiger partial charge in [0.1, 0.15) is 10.8 Å². The maximum atomic E-state index is 10.6.